The molecule has 2 heterocycles. The average Bonchev–Trinajstić information content (AvgIpc) is 2.90. The molecule has 4 fully saturated rings. The zero-order valence-corrected chi connectivity index (χ0v) is 15.7. The summed E-state index contributed by atoms with van der Waals surface area (Å²) in [6, 6.07) is 0. The third kappa shape index (κ3) is 1.74. The number of carbonyl (C=O) groups excluding carboxylic acids is 2. The maximum atomic E-state index is 12.5. The molecule has 10 unspecified atom stereocenters. The van der Waals surface area contributed by atoms with Crippen molar-refractivity contribution in [3.05, 3.63) is 11.6 Å². The number of aliphatic hydroxyl groups is 3. The summed E-state index contributed by atoms with van der Waals surface area (Å²) in [7, 11) is 0. The van der Waals surface area contributed by atoms with Crippen LogP contribution in [0.15, 0.2) is 11.6 Å². The summed E-state index contributed by atoms with van der Waals surface area (Å²) in [6.45, 7) is 5.62. The van der Waals surface area contributed by atoms with Gasteiger partial charge < -0.3 is 24.8 Å². The molecule has 3 N–H and O–H groups in total. The van der Waals surface area contributed by atoms with E-state index >= 15 is 0 Å². The monoisotopic (exact) mass is 378 g/mol. The van der Waals surface area contributed by atoms with Gasteiger partial charge in [-0.1, -0.05) is 19.4 Å². The van der Waals surface area contributed by atoms with Crippen LogP contribution in [0.2, 0.25) is 0 Å². The third-order valence-electron chi connectivity index (χ3n) is 8.61. The highest BCUT2D eigenvalue weighted by atomic mass is 16.6. The highest BCUT2D eigenvalue weighted by molar-refractivity contribution is 5.96. The van der Waals surface area contributed by atoms with E-state index in [1.54, 1.807) is 0 Å². The average molecular weight is 378 g/mol. The SMILES string of the molecule is CC1=CC(=O)C(O)C2(C)C1CC1OC(=O)CC3C(C)C(O)C4(O)OCC13C42. The molecule has 1 spiro atoms. The van der Waals surface area contributed by atoms with Crippen molar-refractivity contribution in [3.8, 4) is 0 Å². The van der Waals surface area contributed by atoms with Crippen LogP contribution in [0.5, 0.6) is 0 Å². The summed E-state index contributed by atoms with van der Waals surface area (Å²) >= 11 is 0. The van der Waals surface area contributed by atoms with Gasteiger partial charge in [-0.2, -0.15) is 0 Å². The van der Waals surface area contributed by atoms with E-state index in [0.29, 0.717) is 6.42 Å². The zero-order valence-electron chi connectivity index (χ0n) is 15.7. The van der Waals surface area contributed by atoms with Crippen molar-refractivity contribution in [1.82, 2.24) is 0 Å². The Labute approximate surface area is 157 Å². The number of rotatable bonds is 0. The number of carbonyl (C=O) groups is 2. The van der Waals surface area contributed by atoms with Crippen molar-refractivity contribution < 1.29 is 34.4 Å². The molecule has 7 nitrogen and oxygen atoms in total. The third-order valence-corrected chi connectivity index (χ3v) is 8.61. The molecular weight excluding hydrogens is 352 g/mol. The van der Waals surface area contributed by atoms with Crippen molar-refractivity contribution in [2.24, 2.45) is 34.5 Å². The van der Waals surface area contributed by atoms with E-state index in [1.807, 2.05) is 20.8 Å². The summed E-state index contributed by atoms with van der Waals surface area (Å²) in [5, 5.41) is 33.5. The van der Waals surface area contributed by atoms with Crippen molar-refractivity contribution >= 4 is 11.8 Å². The van der Waals surface area contributed by atoms with Crippen LogP contribution in [0, 0.1) is 34.5 Å². The normalized spacial score (nSPS) is 58.9. The van der Waals surface area contributed by atoms with Crippen LogP contribution in [0.4, 0.5) is 0 Å². The second-order valence-corrected chi connectivity index (χ2v) is 9.53. The van der Waals surface area contributed by atoms with Gasteiger partial charge in [0.15, 0.2) is 11.6 Å². The second kappa shape index (κ2) is 5.00. The van der Waals surface area contributed by atoms with Gasteiger partial charge in [0, 0.05) is 23.2 Å². The van der Waals surface area contributed by atoms with E-state index in [-0.39, 0.29) is 42.5 Å². The topological polar surface area (TPSA) is 113 Å². The fraction of sp³-hybridized carbons (Fsp3) is 0.800. The fourth-order valence-corrected chi connectivity index (χ4v) is 7.54. The van der Waals surface area contributed by atoms with E-state index in [9.17, 15) is 24.9 Å². The highest BCUT2D eigenvalue weighted by Gasteiger charge is 2.81. The maximum absolute atomic E-state index is 12.5. The minimum Gasteiger partial charge on any atom is -0.462 e. The van der Waals surface area contributed by atoms with Gasteiger partial charge in [-0.25, -0.2) is 0 Å². The first-order valence-corrected chi connectivity index (χ1v) is 9.72. The van der Waals surface area contributed by atoms with Crippen molar-refractivity contribution in [2.75, 3.05) is 6.61 Å². The van der Waals surface area contributed by atoms with Gasteiger partial charge in [0.25, 0.3) is 0 Å². The molecule has 10 atom stereocenters. The van der Waals surface area contributed by atoms with E-state index in [0.717, 1.165) is 5.57 Å². The summed E-state index contributed by atoms with van der Waals surface area (Å²) in [4.78, 5) is 24.9. The lowest BCUT2D eigenvalue weighted by Crippen LogP contribution is -2.75. The van der Waals surface area contributed by atoms with Gasteiger partial charge in [-0.05, 0) is 37.2 Å². The van der Waals surface area contributed by atoms with E-state index in [4.69, 9.17) is 9.47 Å². The Morgan fingerprint density at radius 3 is 2.67 bits per heavy atom. The number of aliphatic hydroxyl groups excluding tert-OH is 2. The zero-order chi connectivity index (χ0) is 19.5. The molecule has 3 aliphatic carbocycles. The van der Waals surface area contributed by atoms with Crippen LogP contribution in [-0.4, -0.2) is 57.8 Å². The molecular formula is C20H26O7. The van der Waals surface area contributed by atoms with Crippen molar-refractivity contribution in [1.29, 1.82) is 0 Å². The molecule has 148 valence electrons. The maximum Gasteiger partial charge on any atom is 0.306 e. The van der Waals surface area contributed by atoms with Crippen LogP contribution in [0.3, 0.4) is 0 Å². The van der Waals surface area contributed by atoms with E-state index < -0.39 is 40.8 Å². The molecule has 2 aliphatic heterocycles. The molecule has 2 saturated heterocycles. The Kier molecular flexibility index (Phi) is 3.30. The molecule has 0 amide bonds. The minimum atomic E-state index is -1.88. The fourth-order valence-electron chi connectivity index (χ4n) is 7.54. The number of ketones is 1. The molecule has 0 aromatic heterocycles. The summed E-state index contributed by atoms with van der Waals surface area (Å²) < 4.78 is 11.6. The lowest BCUT2D eigenvalue weighted by atomic mass is 9.38. The van der Waals surface area contributed by atoms with E-state index in [2.05, 4.69) is 0 Å². The predicted octanol–water partition coefficient (Wildman–Crippen LogP) is 0.166. The van der Waals surface area contributed by atoms with Crippen LogP contribution in [-0.2, 0) is 19.1 Å². The lowest BCUT2D eigenvalue weighted by Gasteiger charge is -2.67. The predicted molar refractivity (Wildman–Crippen MR) is 91.0 cm³/mol. The van der Waals surface area contributed by atoms with Gasteiger partial charge in [0.1, 0.15) is 18.3 Å². The van der Waals surface area contributed by atoms with Crippen LogP contribution in [0.1, 0.15) is 33.6 Å². The molecule has 0 aromatic rings. The summed E-state index contributed by atoms with van der Waals surface area (Å²) in [5.74, 6) is -4.15. The molecule has 2 bridgehead atoms. The Morgan fingerprint density at radius 1 is 1.26 bits per heavy atom. The first-order chi connectivity index (χ1) is 12.6. The number of hydrogen-bond acceptors (Lipinski definition) is 7. The van der Waals surface area contributed by atoms with Gasteiger partial charge in [0.05, 0.1) is 6.61 Å². The number of ether oxygens (including phenoxy) is 2. The van der Waals surface area contributed by atoms with Crippen molar-refractivity contribution in [3.63, 3.8) is 0 Å². The summed E-state index contributed by atoms with van der Waals surface area (Å²) in [5.41, 5.74) is -0.927. The van der Waals surface area contributed by atoms with E-state index in [1.165, 1.54) is 6.08 Å². The van der Waals surface area contributed by atoms with Crippen LogP contribution in [0.25, 0.3) is 0 Å². The van der Waals surface area contributed by atoms with Crippen LogP contribution < -0.4 is 0 Å². The molecule has 0 aromatic carbocycles. The van der Waals surface area contributed by atoms with Gasteiger partial charge in [-0.15, -0.1) is 0 Å². The largest absolute Gasteiger partial charge is 0.462 e. The van der Waals surface area contributed by atoms with Gasteiger partial charge in [-0.3, -0.25) is 9.59 Å². The number of hydrogen-bond donors (Lipinski definition) is 3. The molecule has 5 rings (SSSR count). The number of esters is 1. The number of allylic oxidation sites excluding steroid dienone is 1. The Hall–Kier alpha value is -1.28. The minimum absolute atomic E-state index is 0.143. The lowest BCUT2D eigenvalue weighted by molar-refractivity contribution is -0.332. The quantitative estimate of drug-likeness (QED) is 0.515. The smallest absolute Gasteiger partial charge is 0.306 e. The van der Waals surface area contributed by atoms with Crippen LogP contribution >= 0.6 is 0 Å². The standard InChI is InChI=1S/C20H26O7/c1-8-4-12(21)16(24)18(3)10(8)5-13-19-7-26-20(25,17(18)19)15(23)9(2)11(19)6-14(22)27-13/h4,9-11,13,15-17,23-25H,5-7H2,1-3H3. The second-order valence-electron chi connectivity index (χ2n) is 9.53. The first kappa shape index (κ1) is 17.8. The molecule has 2 saturated carbocycles. The Morgan fingerprint density at radius 2 is 1.96 bits per heavy atom. The molecule has 0 radical (unpaired) electrons. The number of fused-ring (bicyclic) bond motifs is 1. The van der Waals surface area contributed by atoms with Gasteiger partial charge >= 0.3 is 5.97 Å². The molecule has 5 aliphatic rings. The van der Waals surface area contributed by atoms with Crippen molar-refractivity contribution in [2.45, 2.75) is 57.7 Å². The Bertz CT molecular complexity index is 776. The summed E-state index contributed by atoms with van der Waals surface area (Å²) in [6.07, 6.45) is -0.917. The molecule has 7 heteroatoms. The molecule has 27 heavy (non-hydrogen) atoms. The first-order valence-electron chi connectivity index (χ1n) is 9.72. The van der Waals surface area contributed by atoms with Gasteiger partial charge in [0.2, 0.25) is 0 Å². The highest BCUT2D eigenvalue weighted by Crippen LogP contribution is 2.73. The Balaban J connectivity index is 1.78.